The van der Waals surface area contributed by atoms with Crippen molar-refractivity contribution in [1.29, 1.82) is 0 Å². The van der Waals surface area contributed by atoms with Gasteiger partial charge in [0.25, 0.3) is 0 Å². The third-order valence-corrected chi connectivity index (χ3v) is 7.66. The molecule has 4 aromatic rings. The standard InChI is InChI=1S/C28H30N4O4/c1-31-9-8-20(31)14-32-15-24(22-6-4-17(12-25(22)32)23-13-29-30-28(23)35-3)27(33)19-10-18-11-21(34-2)5-7-26(18)36-16-19/h4-7,11-13,15,19-20H,8-10,14,16H2,1-3H3,(H,29,30)/t19?,20-/m0/s1. The Bertz CT molecular complexity index is 1440. The van der Waals surface area contributed by atoms with Crippen LogP contribution >= 0.6 is 0 Å². The minimum absolute atomic E-state index is 0.114. The summed E-state index contributed by atoms with van der Waals surface area (Å²) >= 11 is 0. The lowest BCUT2D eigenvalue weighted by molar-refractivity contribution is 0.0855. The number of nitrogens with zero attached hydrogens (tertiary/aromatic N) is 3. The molecule has 2 aliphatic rings. The number of benzene rings is 2. The average Bonchev–Trinajstić information content (AvgIpc) is 3.54. The normalized spacial score (nSPS) is 19.4. The van der Waals surface area contributed by atoms with E-state index in [1.165, 1.54) is 0 Å². The second-order valence-electron chi connectivity index (χ2n) is 9.72. The molecule has 186 valence electrons. The molecular weight excluding hydrogens is 456 g/mol. The Morgan fingerprint density at radius 1 is 1.19 bits per heavy atom. The number of hydrogen-bond donors (Lipinski definition) is 1. The molecule has 0 radical (unpaired) electrons. The van der Waals surface area contributed by atoms with E-state index >= 15 is 0 Å². The smallest absolute Gasteiger partial charge is 0.216 e. The summed E-state index contributed by atoms with van der Waals surface area (Å²) in [6, 6.07) is 12.5. The van der Waals surface area contributed by atoms with Crippen molar-refractivity contribution in [2.45, 2.75) is 25.4 Å². The fourth-order valence-corrected chi connectivity index (χ4v) is 5.36. The van der Waals surface area contributed by atoms with Crippen LogP contribution in [0.5, 0.6) is 17.4 Å². The summed E-state index contributed by atoms with van der Waals surface area (Å²) in [7, 11) is 5.43. The van der Waals surface area contributed by atoms with Gasteiger partial charge in [0.15, 0.2) is 5.78 Å². The van der Waals surface area contributed by atoms with Gasteiger partial charge in [0, 0.05) is 35.2 Å². The van der Waals surface area contributed by atoms with Gasteiger partial charge in [-0.05, 0) is 61.8 Å². The highest BCUT2D eigenvalue weighted by Gasteiger charge is 2.31. The Morgan fingerprint density at radius 2 is 2.08 bits per heavy atom. The van der Waals surface area contributed by atoms with E-state index in [0.29, 0.717) is 24.9 Å². The van der Waals surface area contributed by atoms with E-state index in [2.05, 4.69) is 32.8 Å². The van der Waals surface area contributed by atoms with Crippen molar-refractivity contribution in [1.82, 2.24) is 19.7 Å². The summed E-state index contributed by atoms with van der Waals surface area (Å²) in [6.07, 6.45) is 5.60. The molecule has 1 saturated heterocycles. The van der Waals surface area contributed by atoms with Gasteiger partial charge in [0.2, 0.25) is 5.88 Å². The van der Waals surface area contributed by atoms with Crippen molar-refractivity contribution >= 4 is 16.7 Å². The lowest BCUT2D eigenvalue weighted by Crippen LogP contribution is -2.46. The molecule has 6 rings (SSSR count). The fourth-order valence-electron chi connectivity index (χ4n) is 5.36. The number of H-pyrrole nitrogens is 1. The minimum atomic E-state index is -0.247. The maximum atomic E-state index is 13.9. The zero-order valence-electron chi connectivity index (χ0n) is 20.8. The maximum Gasteiger partial charge on any atom is 0.216 e. The zero-order chi connectivity index (χ0) is 24.8. The van der Waals surface area contributed by atoms with Crippen LogP contribution in [0.25, 0.3) is 22.0 Å². The lowest BCUT2D eigenvalue weighted by Gasteiger charge is -2.38. The van der Waals surface area contributed by atoms with Crippen LogP contribution in [-0.2, 0) is 13.0 Å². The number of ether oxygens (including phenoxy) is 3. The second-order valence-corrected chi connectivity index (χ2v) is 9.72. The zero-order valence-corrected chi connectivity index (χ0v) is 20.8. The monoisotopic (exact) mass is 486 g/mol. The molecule has 1 unspecified atom stereocenters. The van der Waals surface area contributed by atoms with Gasteiger partial charge >= 0.3 is 0 Å². The Hall–Kier alpha value is -3.78. The third kappa shape index (κ3) is 3.82. The van der Waals surface area contributed by atoms with E-state index in [1.54, 1.807) is 20.4 Å². The Morgan fingerprint density at radius 3 is 2.83 bits per heavy atom. The largest absolute Gasteiger partial charge is 0.497 e. The summed E-state index contributed by atoms with van der Waals surface area (Å²) in [4.78, 5) is 16.2. The van der Waals surface area contributed by atoms with Gasteiger partial charge in [-0.1, -0.05) is 12.1 Å². The first-order valence-electron chi connectivity index (χ1n) is 12.3. The molecule has 2 aliphatic heterocycles. The number of methoxy groups -OCH3 is 2. The number of carbonyl (C=O) groups is 1. The first-order chi connectivity index (χ1) is 17.6. The van der Waals surface area contributed by atoms with Gasteiger partial charge in [0.05, 0.1) is 38.5 Å². The molecule has 2 atom stereocenters. The number of aromatic nitrogens is 3. The van der Waals surface area contributed by atoms with Gasteiger partial charge < -0.3 is 23.7 Å². The van der Waals surface area contributed by atoms with E-state index in [0.717, 1.165) is 64.2 Å². The van der Waals surface area contributed by atoms with E-state index in [-0.39, 0.29) is 11.7 Å². The SMILES string of the molecule is COc1ccc2c(c1)CC(C(=O)c1cn(C[C@@H]3CCN3C)c3cc(-c4cn[nH]c4OC)ccc13)CO2. The maximum absolute atomic E-state index is 13.9. The van der Waals surface area contributed by atoms with Crippen molar-refractivity contribution in [2.75, 3.05) is 34.4 Å². The highest BCUT2D eigenvalue weighted by molar-refractivity contribution is 6.10. The van der Waals surface area contributed by atoms with E-state index in [9.17, 15) is 4.79 Å². The second kappa shape index (κ2) is 9.02. The molecule has 4 heterocycles. The number of aromatic amines is 1. The molecule has 2 aromatic heterocycles. The lowest BCUT2D eigenvalue weighted by atomic mass is 9.89. The van der Waals surface area contributed by atoms with Gasteiger partial charge in [-0.15, -0.1) is 0 Å². The molecule has 36 heavy (non-hydrogen) atoms. The number of hydrogen-bond acceptors (Lipinski definition) is 6. The van der Waals surface area contributed by atoms with Crippen LogP contribution < -0.4 is 14.2 Å². The highest BCUT2D eigenvalue weighted by atomic mass is 16.5. The molecule has 0 aliphatic carbocycles. The molecule has 0 amide bonds. The summed E-state index contributed by atoms with van der Waals surface area (Å²) in [5, 5.41) is 7.99. The molecule has 2 aromatic carbocycles. The predicted molar refractivity (Wildman–Crippen MR) is 137 cm³/mol. The van der Waals surface area contributed by atoms with Crippen LogP contribution in [0.1, 0.15) is 22.3 Å². The number of rotatable bonds is 7. The summed E-state index contributed by atoms with van der Waals surface area (Å²) < 4.78 is 19.0. The quantitative estimate of drug-likeness (QED) is 0.395. The van der Waals surface area contributed by atoms with Crippen LogP contribution in [0, 0.1) is 5.92 Å². The van der Waals surface area contributed by atoms with Crippen LogP contribution in [0.4, 0.5) is 0 Å². The van der Waals surface area contributed by atoms with Gasteiger partial charge in [-0.2, -0.15) is 5.10 Å². The Balaban J connectivity index is 1.38. The average molecular weight is 487 g/mol. The van der Waals surface area contributed by atoms with Crippen molar-refractivity contribution in [3.63, 3.8) is 0 Å². The topological polar surface area (TPSA) is 81.6 Å². The summed E-state index contributed by atoms with van der Waals surface area (Å²) in [5.74, 6) is 2.09. The first kappa shape index (κ1) is 22.7. The Labute approximate surface area is 209 Å². The molecule has 1 N–H and O–H groups in total. The molecule has 8 heteroatoms. The number of ketones is 1. The molecule has 8 nitrogen and oxygen atoms in total. The molecule has 0 spiro atoms. The number of nitrogens with one attached hydrogen (secondary N) is 1. The summed E-state index contributed by atoms with van der Waals surface area (Å²) in [5.41, 5.74) is 4.69. The van der Waals surface area contributed by atoms with Crippen molar-refractivity contribution in [3.8, 4) is 28.5 Å². The first-order valence-corrected chi connectivity index (χ1v) is 12.3. The van der Waals surface area contributed by atoms with Crippen LogP contribution in [0.15, 0.2) is 48.8 Å². The fraction of sp³-hybridized carbons (Fsp3) is 0.357. The molecule has 1 fully saturated rings. The number of Topliss-reactive ketones (excluding diaryl/α,β-unsaturated/α-hetero) is 1. The van der Waals surface area contributed by atoms with E-state index in [4.69, 9.17) is 14.2 Å². The van der Waals surface area contributed by atoms with Crippen molar-refractivity contribution in [3.05, 3.63) is 59.9 Å². The van der Waals surface area contributed by atoms with Crippen LogP contribution in [0.3, 0.4) is 0 Å². The van der Waals surface area contributed by atoms with Crippen molar-refractivity contribution < 1.29 is 19.0 Å². The van der Waals surface area contributed by atoms with Gasteiger partial charge in [0.1, 0.15) is 11.5 Å². The van der Waals surface area contributed by atoms with E-state index < -0.39 is 0 Å². The van der Waals surface area contributed by atoms with Crippen LogP contribution in [-0.4, -0.2) is 65.9 Å². The summed E-state index contributed by atoms with van der Waals surface area (Å²) in [6.45, 7) is 2.32. The molecule has 0 bridgehead atoms. The van der Waals surface area contributed by atoms with Gasteiger partial charge in [-0.3, -0.25) is 4.79 Å². The Kier molecular flexibility index (Phi) is 5.68. The number of likely N-dealkylation sites (tertiary alicyclic amines) is 1. The number of fused-ring (bicyclic) bond motifs is 2. The van der Waals surface area contributed by atoms with Crippen LogP contribution in [0.2, 0.25) is 0 Å². The van der Waals surface area contributed by atoms with E-state index in [1.807, 2.05) is 36.5 Å². The minimum Gasteiger partial charge on any atom is -0.497 e. The highest BCUT2D eigenvalue weighted by Crippen LogP contribution is 2.36. The number of carbonyl (C=O) groups excluding carboxylic acids is 1. The molecule has 0 saturated carbocycles. The predicted octanol–water partition coefficient (Wildman–Crippen LogP) is 4.19. The van der Waals surface area contributed by atoms with Crippen molar-refractivity contribution in [2.24, 2.45) is 5.92 Å². The van der Waals surface area contributed by atoms with Gasteiger partial charge in [-0.25, -0.2) is 5.10 Å². The molecular formula is C28H30N4O4. The third-order valence-electron chi connectivity index (χ3n) is 7.66. The number of likely N-dealkylation sites (N-methyl/N-ethyl adjacent to an activating group) is 1.